The van der Waals surface area contributed by atoms with E-state index < -0.39 is 5.91 Å². The topological polar surface area (TPSA) is 84.0 Å². The molecule has 3 rings (SSSR count). The molecule has 0 saturated heterocycles. The lowest BCUT2D eigenvalue weighted by Crippen LogP contribution is -2.25. The number of anilines is 1. The molecule has 3 aromatic rings. The Morgan fingerprint density at radius 2 is 1.78 bits per heavy atom. The molecule has 27 heavy (non-hydrogen) atoms. The van der Waals surface area contributed by atoms with Crippen LogP contribution in [0.4, 0.5) is 5.69 Å². The largest absolute Gasteiger partial charge is 0.345 e. The summed E-state index contributed by atoms with van der Waals surface area (Å²) in [5.41, 5.74) is 2.51. The Labute approximate surface area is 161 Å². The summed E-state index contributed by atoms with van der Waals surface area (Å²) < 4.78 is 0. The summed E-state index contributed by atoms with van der Waals surface area (Å²) in [5.74, 6) is -0.780. The van der Waals surface area contributed by atoms with Gasteiger partial charge in [0.2, 0.25) is 0 Å². The molecule has 0 bridgehead atoms. The Kier molecular flexibility index (Phi) is 5.78. The van der Waals surface area contributed by atoms with Gasteiger partial charge in [-0.05, 0) is 55.0 Å². The molecule has 1 aromatic carbocycles. The van der Waals surface area contributed by atoms with Crippen LogP contribution in [0.15, 0.2) is 60.8 Å². The highest BCUT2D eigenvalue weighted by Crippen LogP contribution is 2.20. The average Bonchev–Trinajstić information content (AvgIpc) is 2.69. The van der Waals surface area contributed by atoms with Crippen molar-refractivity contribution >= 4 is 29.1 Å². The SMILES string of the molecule is Cc1cc(Cl)ccc1NC(=O)c1cccc(C(=O)NCc2ccccn2)n1. The van der Waals surface area contributed by atoms with Gasteiger partial charge in [0.15, 0.2) is 0 Å². The van der Waals surface area contributed by atoms with E-state index >= 15 is 0 Å². The van der Waals surface area contributed by atoms with Crippen molar-refractivity contribution in [3.05, 3.63) is 88.5 Å². The summed E-state index contributed by atoms with van der Waals surface area (Å²) in [5, 5.41) is 6.10. The van der Waals surface area contributed by atoms with Gasteiger partial charge in [0.25, 0.3) is 11.8 Å². The van der Waals surface area contributed by atoms with E-state index in [-0.39, 0.29) is 23.8 Å². The molecule has 2 amide bonds. The van der Waals surface area contributed by atoms with E-state index in [9.17, 15) is 9.59 Å². The molecule has 0 aliphatic carbocycles. The minimum Gasteiger partial charge on any atom is -0.345 e. The molecule has 0 atom stereocenters. The highest BCUT2D eigenvalue weighted by Gasteiger charge is 2.13. The van der Waals surface area contributed by atoms with E-state index in [2.05, 4.69) is 20.6 Å². The molecule has 0 fully saturated rings. The lowest BCUT2D eigenvalue weighted by atomic mass is 10.2. The van der Waals surface area contributed by atoms with E-state index in [1.165, 1.54) is 0 Å². The van der Waals surface area contributed by atoms with E-state index in [1.807, 2.05) is 19.1 Å². The maximum Gasteiger partial charge on any atom is 0.274 e. The van der Waals surface area contributed by atoms with Gasteiger partial charge in [0.1, 0.15) is 11.4 Å². The van der Waals surface area contributed by atoms with Crippen molar-refractivity contribution in [3.63, 3.8) is 0 Å². The van der Waals surface area contributed by atoms with Crippen LogP contribution >= 0.6 is 11.6 Å². The van der Waals surface area contributed by atoms with Crippen molar-refractivity contribution in [2.24, 2.45) is 0 Å². The number of hydrogen-bond donors (Lipinski definition) is 2. The van der Waals surface area contributed by atoms with Crippen molar-refractivity contribution in [1.82, 2.24) is 15.3 Å². The van der Waals surface area contributed by atoms with Gasteiger partial charge in [-0.1, -0.05) is 23.7 Å². The number of carbonyl (C=O) groups excluding carboxylic acids is 2. The summed E-state index contributed by atoms with van der Waals surface area (Å²) in [6.45, 7) is 2.12. The number of aryl methyl sites for hydroxylation is 1. The summed E-state index contributed by atoms with van der Waals surface area (Å²) in [6.07, 6.45) is 1.66. The fourth-order valence-electron chi connectivity index (χ4n) is 2.41. The number of pyridine rings is 2. The number of nitrogens with zero attached hydrogens (tertiary/aromatic N) is 2. The number of aromatic nitrogens is 2. The van der Waals surface area contributed by atoms with Crippen LogP contribution in [0.5, 0.6) is 0 Å². The first-order chi connectivity index (χ1) is 13.0. The van der Waals surface area contributed by atoms with Gasteiger partial charge in [0.05, 0.1) is 12.2 Å². The van der Waals surface area contributed by atoms with Crippen LogP contribution in [0, 0.1) is 6.92 Å². The molecule has 0 spiro atoms. The van der Waals surface area contributed by atoms with Crippen LogP contribution in [0.25, 0.3) is 0 Å². The van der Waals surface area contributed by atoms with E-state index in [0.29, 0.717) is 10.7 Å². The summed E-state index contributed by atoms with van der Waals surface area (Å²) in [6, 6.07) is 15.4. The highest BCUT2D eigenvalue weighted by molar-refractivity contribution is 6.30. The van der Waals surface area contributed by atoms with Crippen molar-refractivity contribution in [2.45, 2.75) is 13.5 Å². The molecule has 0 aliphatic heterocycles. The van der Waals surface area contributed by atoms with Crippen LogP contribution < -0.4 is 10.6 Å². The van der Waals surface area contributed by atoms with Gasteiger partial charge in [-0.3, -0.25) is 14.6 Å². The minimum absolute atomic E-state index is 0.148. The van der Waals surface area contributed by atoms with Gasteiger partial charge >= 0.3 is 0 Å². The zero-order chi connectivity index (χ0) is 19.2. The zero-order valence-corrected chi connectivity index (χ0v) is 15.3. The third kappa shape index (κ3) is 4.89. The number of amides is 2. The van der Waals surface area contributed by atoms with Gasteiger partial charge in [-0.25, -0.2) is 4.98 Å². The van der Waals surface area contributed by atoms with Crippen molar-refractivity contribution < 1.29 is 9.59 Å². The Hall–Kier alpha value is -3.25. The van der Waals surface area contributed by atoms with Crippen molar-refractivity contribution in [1.29, 1.82) is 0 Å². The maximum absolute atomic E-state index is 12.5. The molecule has 7 heteroatoms. The maximum atomic E-state index is 12.5. The number of rotatable bonds is 5. The van der Waals surface area contributed by atoms with E-state index in [1.54, 1.807) is 48.7 Å². The fraction of sp³-hybridized carbons (Fsp3) is 0.100. The number of carbonyl (C=O) groups is 2. The molecule has 2 N–H and O–H groups in total. The smallest absolute Gasteiger partial charge is 0.274 e. The molecular weight excluding hydrogens is 364 g/mol. The third-order valence-electron chi connectivity index (χ3n) is 3.81. The zero-order valence-electron chi connectivity index (χ0n) is 14.6. The predicted molar refractivity (Wildman–Crippen MR) is 104 cm³/mol. The van der Waals surface area contributed by atoms with Crippen LogP contribution in [0.2, 0.25) is 5.02 Å². The van der Waals surface area contributed by atoms with Crippen LogP contribution in [-0.4, -0.2) is 21.8 Å². The van der Waals surface area contributed by atoms with Crippen LogP contribution in [0.3, 0.4) is 0 Å². The molecule has 0 aliphatic rings. The molecule has 6 nitrogen and oxygen atoms in total. The Morgan fingerprint density at radius 1 is 1.00 bits per heavy atom. The summed E-state index contributed by atoms with van der Waals surface area (Å²) >= 11 is 5.93. The first-order valence-electron chi connectivity index (χ1n) is 8.25. The quantitative estimate of drug-likeness (QED) is 0.708. The lowest BCUT2D eigenvalue weighted by molar-refractivity contribution is 0.0945. The fourth-order valence-corrected chi connectivity index (χ4v) is 2.63. The highest BCUT2D eigenvalue weighted by atomic mass is 35.5. The average molecular weight is 381 g/mol. The van der Waals surface area contributed by atoms with Crippen molar-refractivity contribution in [3.8, 4) is 0 Å². The molecule has 0 radical (unpaired) electrons. The summed E-state index contributed by atoms with van der Waals surface area (Å²) in [4.78, 5) is 33.1. The lowest BCUT2D eigenvalue weighted by Gasteiger charge is -2.09. The Balaban J connectivity index is 1.68. The standard InChI is InChI=1S/C20H17ClN4O2/c1-13-11-14(21)8-9-16(13)25-20(27)18-7-4-6-17(24-18)19(26)23-12-15-5-2-3-10-22-15/h2-11H,12H2,1H3,(H,23,26)(H,25,27). The normalized spacial score (nSPS) is 10.3. The second kappa shape index (κ2) is 8.42. The van der Waals surface area contributed by atoms with Gasteiger partial charge in [-0.2, -0.15) is 0 Å². The second-order valence-corrected chi connectivity index (χ2v) is 6.26. The van der Waals surface area contributed by atoms with E-state index in [4.69, 9.17) is 11.6 Å². The first kappa shape index (κ1) is 18.5. The first-order valence-corrected chi connectivity index (χ1v) is 8.63. The molecule has 2 aromatic heterocycles. The molecular formula is C20H17ClN4O2. The Bertz CT molecular complexity index is 977. The Morgan fingerprint density at radius 3 is 2.48 bits per heavy atom. The monoisotopic (exact) mass is 380 g/mol. The second-order valence-electron chi connectivity index (χ2n) is 5.83. The number of benzene rings is 1. The minimum atomic E-state index is -0.403. The van der Waals surface area contributed by atoms with Crippen LogP contribution in [0.1, 0.15) is 32.2 Å². The third-order valence-corrected chi connectivity index (χ3v) is 4.04. The summed E-state index contributed by atoms with van der Waals surface area (Å²) in [7, 11) is 0. The van der Waals surface area contributed by atoms with Gasteiger partial charge in [-0.15, -0.1) is 0 Å². The molecule has 0 saturated carbocycles. The van der Waals surface area contributed by atoms with Gasteiger partial charge < -0.3 is 10.6 Å². The number of hydrogen-bond acceptors (Lipinski definition) is 4. The number of halogens is 1. The number of nitrogens with one attached hydrogen (secondary N) is 2. The molecule has 2 heterocycles. The predicted octanol–water partition coefficient (Wildman–Crippen LogP) is 3.62. The van der Waals surface area contributed by atoms with Gasteiger partial charge in [0, 0.05) is 16.9 Å². The van der Waals surface area contributed by atoms with Crippen LogP contribution in [-0.2, 0) is 6.54 Å². The molecule has 0 unspecified atom stereocenters. The molecule has 136 valence electrons. The van der Waals surface area contributed by atoms with E-state index in [0.717, 1.165) is 11.3 Å². The van der Waals surface area contributed by atoms with Crippen molar-refractivity contribution in [2.75, 3.05) is 5.32 Å².